The number of nitrogens with zero attached hydrogens (tertiary/aromatic N) is 2. The standard InChI is InChI=1S/C14H20N4O5S/c1-10(8-11(15)4-3-7-19)17(2)13-6-5-12(24(16,22)23)9-14(13)18(20)21/h5-7,9-10,15H,3-4,8H2,1-2H3,(H2,16,22,23)/t10-/m0/s1. The van der Waals surface area contributed by atoms with Gasteiger partial charge >= 0.3 is 0 Å². The quantitative estimate of drug-likeness (QED) is 0.296. The number of anilines is 1. The number of benzene rings is 1. The molecule has 0 fully saturated rings. The molecular formula is C14H20N4O5S. The molecule has 0 amide bonds. The van der Waals surface area contributed by atoms with Crippen LogP contribution in [0.5, 0.6) is 0 Å². The van der Waals surface area contributed by atoms with Crippen LogP contribution in [0.1, 0.15) is 26.2 Å². The summed E-state index contributed by atoms with van der Waals surface area (Å²) < 4.78 is 22.7. The lowest BCUT2D eigenvalue weighted by Crippen LogP contribution is -2.31. The zero-order valence-electron chi connectivity index (χ0n) is 13.4. The molecule has 0 saturated heterocycles. The molecule has 132 valence electrons. The van der Waals surface area contributed by atoms with Gasteiger partial charge < -0.3 is 15.1 Å². The van der Waals surface area contributed by atoms with Gasteiger partial charge in [0.05, 0.1) is 9.82 Å². The maximum absolute atomic E-state index is 11.4. The van der Waals surface area contributed by atoms with E-state index in [1.807, 2.05) is 0 Å². The number of nitrogens with two attached hydrogens (primary N) is 1. The van der Waals surface area contributed by atoms with E-state index in [4.69, 9.17) is 10.5 Å². The van der Waals surface area contributed by atoms with E-state index in [9.17, 15) is 23.3 Å². The van der Waals surface area contributed by atoms with Gasteiger partial charge in [-0.15, -0.1) is 0 Å². The number of rotatable bonds is 9. The molecule has 0 radical (unpaired) electrons. The fraction of sp³-hybridized carbons (Fsp3) is 0.429. The van der Waals surface area contributed by atoms with Crippen molar-refractivity contribution in [3.8, 4) is 0 Å². The minimum absolute atomic E-state index is 0.225. The van der Waals surface area contributed by atoms with Crippen LogP contribution >= 0.6 is 0 Å². The lowest BCUT2D eigenvalue weighted by atomic mass is 10.1. The summed E-state index contributed by atoms with van der Waals surface area (Å²) in [6.45, 7) is 1.78. The Morgan fingerprint density at radius 3 is 2.62 bits per heavy atom. The van der Waals surface area contributed by atoms with Gasteiger partial charge in [-0.05, 0) is 25.5 Å². The Labute approximate surface area is 140 Å². The maximum Gasteiger partial charge on any atom is 0.293 e. The average Bonchev–Trinajstić information content (AvgIpc) is 2.50. The van der Waals surface area contributed by atoms with Gasteiger partial charge in [0.25, 0.3) is 5.69 Å². The molecule has 1 aromatic carbocycles. The second-order valence-corrected chi connectivity index (χ2v) is 6.99. The van der Waals surface area contributed by atoms with Crippen LogP contribution in [0.15, 0.2) is 23.1 Å². The van der Waals surface area contributed by atoms with Crippen molar-refractivity contribution in [1.82, 2.24) is 0 Å². The van der Waals surface area contributed by atoms with Gasteiger partial charge in [0.1, 0.15) is 12.0 Å². The summed E-state index contributed by atoms with van der Waals surface area (Å²) in [6, 6.07) is 3.20. The normalized spacial score (nSPS) is 12.5. The molecular weight excluding hydrogens is 336 g/mol. The fourth-order valence-corrected chi connectivity index (χ4v) is 2.72. The number of carbonyl (C=O) groups is 1. The molecule has 0 aromatic heterocycles. The van der Waals surface area contributed by atoms with E-state index in [1.54, 1.807) is 18.9 Å². The third-order valence-electron chi connectivity index (χ3n) is 3.62. The Bertz CT molecular complexity index is 748. The molecule has 0 saturated carbocycles. The van der Waals surface area contributed by atoms with Crippen LogP contribution in [0.25, 0.3) is 0 Å². The van der Waals surface area contributed by atoms with Gasteiger partial charge in [-0.2, -0.15) is 0 Å². The highest BCUT2D eigenvalue weighted by molar-refractivity contribution is 7.89. The van der Waals surface area contributed by atoms with Crippen LogP contribution in [0.2, 0.25) is 0 Å². The molecule has 24 heavy (non-hydrogen) atoms. The minimum atomic E-state index is -4.04. The Morgan fingerprint density at radius 2 is 2.12 bits per heavy atom. The number of aldehydes is 1. The topological polar surface area (TPSA) is 147 Å². The lowest BCUT2D eigenvalue weighted by molar-refractivity contribution is -0.384. The van der Waals surface area contributed by atoms with Crippen LogP contribution in [0, 0.1) is 15.5 Å². The van der Waals surface area contributed by atoms with Crippen molar-refractivity contribution >= 4 is 33.4 Å². The number of carbonyl (C=O) groups excluding carboxylic acids is 1. The van der Waals surface area contributed by atoms with Gasteiger partial charge in [-0.3, -0.25) is 10.1 Å². The van der Waals surface area contributed by atoms with Crippen LogP contribution in [0.3, 0.4) is 0 Å². The molecule has 0 spiro atoms. The van der Waals surface area contributed by atoms with Gasteiger partial charge in [0.15, 0.2) is 0 Å². The molecule has 1 rings (SSSR count). The highest BCUT2D eigenvalue weighted by Crippen LogP contribution is 2.31. The summed E-state index contributed by atoms with van der Waals surface area (Å²) >= 11 is 0. The zero-order valence-corrected chi connectivity index (χ0v) is 14.2. The van der Waals surface area contributed by atoms with E-state index in [0.717, 1.165) is 12.4 Å². The van der Waals surface area contributed by atoms with Crippen molar-refractivity contribution in [3.05, 3.63) is 28.3 Å². The van der Waals surface area contributed by atoms with E-state index in [2.05, 4.69) is 0 Å². The smallest absolute Gasteiger partial charge is 0.293 e. The first-order valence-corrected chi connectivity index (χ1v) is 8.66. The molecule has 9 nitrogen and oxygen atoms in total. The molecule has 0 aliphatic heterocycles. The summed E-state index contributed by atoms with van der Waals surface area (Å²) in [4.78, 5) is 22.2. The zero-order chi connectivity index (χ0) is 18.5. The van der Waals surface area contributed by atoms with E-state index in [1.165, 1.54) is 12.1 Å². The largest absolute Gasteiger partial charge is 0.366 e. The number of nitro groups is 1. The molecule has 1 atom stereocenters. The van der Waals surface area contributed by atoms with Crippen molar-refractivity contribution in [1.29, 1.82) is 5.41 Å². The molecule has 1 aromatic rings. The van der Waals surface area contributed by atoms with Gasteiger partial charge in [-0.25, -0.2) is 13.6 Å². The van der Waals surface area contributed by atoms with Gasteiger partial charge in [0.2, 0.25) is 10.0 Å². The Morgan fingerprint density at radius 1 is 1.50 bits per heavy atom. The Hall–Kier alpha value is -2.33. The first-order valence-electron chi connectivity index (χ1n) is 7.12. The van der Waals surface area contributed by atoms with Gasteiger partial charge in [-0.1, -0.05) is 0 Å². The van der Waals surface area contributed by atoms with Crippen LogP contribution in [-0.4, -0.2) is 38.4 Å². The molecule has 10 heteroatoms. The predicted molar refractivity (Wildman–Crippen MR) is 90.0 cm³/mol. The van der Waals surface area contributed by atoms with Crippen molar-refractivity contribution in [2.45, 2.75) is 37.1 Å². The third kappa shape index (κ3) is 5.10. The fourth-order valence-electron chi connectivity index (χ4n) is 2.19. The Balaban J connectivity index is 3.09. The summed E-state index contributed by atoms with van der Waals surface area (Å²) in [5, 5.41) is 24.1. The number of hydrogen-bond donors (Lipinski definition) is 2. The number of primary sulfonamides is 1. The minimum Gasteiger partial charge on any atom is -0.366 e. The average molecular weight is 356 g/mol. The summed E-state index contributed by atoms with van der Waals surface area (Å²) in [5.74, 6) is 0. The highest BCUT2D eigenvalue weighted by Gasteiger charge is 2.24. The maximum atomic E-state index is 11.4. The second kappa shape index (κ2) is 7.97. The van der Waals surface area contributed by atoms with Crippen LogP contribution < -0.4 is 10.0 Å². The first kappa shape index (κ1) is 19.7. The Kier molecular flexibility index (Phi) is 6.55. The number of sulfonamides is 1. The van der Waals surface area contributed by atoms with Crippen molar-refractivity contribution in [2.24, 2.45) is 5.14 Å². The van der Waals surface area contributed by atoms with Crippen molar-refractivity contribution in [2.75, 3.05) is 11.9 Å². The molecule has 0 heterocycles. The first-order chi connectivity index (χ1) is 11.1. The molecule has 0 unspecified atom stereocenters. The lowest BCUT2D eigenvalue weighted by Gasteiger charge is -2.27. The third-order valence-corrected chi connectivity index (χ3v) is 4.53. The van der Waals surface area contributed by atoms with Gasteiger partial charge in [0, 0.05) is 37.7 Å². The number of nitro benzene ring substituents is 1. The van der Waals surface area contributed by atoms with E-state index >= 15 is 0 Å². The summed E-state index contributed by atoms with van der Waals surface area (Å²) in [7, 11) is -2.42. The number of hydrogen-bond acceptors (Lipinski definition) is 7. The van der Waals surface area contributed by atoms with Crippen molar-refractivity contribution < 1.29 is 18.1 Å². The summed E-state index contributed by atoms with van der Waals surface area (Å²) in [6.07, 6.45) is 1.67. The van der Waals surface area contributed by atoms with E-state index in [-0.39, 0.29) is 28.7 Å². The van der Waals surface area contributed by atoms with E-state index in [0.29, 0.717) is 18.6 Å². The van der Waals surface area contributed by atoms with Crippen LogP contribution in [0.4, 0.5) is 11.4 Å². The molecule has 3 N–H and O–H groups in total. The number of nitrogens with one attached hydrogen (secondary N) is 1. The predicted octanol–water partition coefficient (Wildman–Crippen LogP) is 1.46. The highest BCUT2D eigenvalue weighted by atomic mass is 32.2. The SMILES string of the molecule is C[C@@H](CC(=N)CCC=O)N(C)c1ccc(S(N)(=O)=O)cc1[N+](=O)[O-]. The van der Waals surface area contributed by atoms with E-state index < -0.39 is 14.9 Å². The van der Waals surface area contributed by atoms with Crippen molar-refractivity contribution in [3.63, 3.8) is 0 Å². The monoisotopic (exact) mass is 356 g/mol. The molecule has 0 aliphatic carbocycles. The van der Waals surface area contributed by atoms with Crippen LogP contribution in [-0.2, 0) is 14.8 Å². The second-order valence-electron chi connectivity index (χ2n) is 5.43. The molecule has 0 aliphatic rings. The summed E-state index contributed by atoms with van der Waals surface area (Å²) in [5.41, 5.74) is 0.212. The molecule has 0 bridgehead atoms.